The van der Waals surface area contributed by atoms with Crippen LogP contribution in [-0.2, 0) is 0 Å². The Labute approximate surface area is 106 Å². The summed E-state index contributed by atoms with van der Waals surface area (Å²) in [5, 5.41) is 3.51. The zero-order valence-electron chi connectivity index (χ0n) is 9.72. The molecule has 1 aliphatic rings. The van der Waals surface area contributed by atoms with Crippen molar-refractivity contribution in [1.29, 1.82) is 0 Å². The van der Waals surface area contributed by atoms with E-state index >= 15 is 0 Å². The molecule has 0 aliphatic heterocycles. The summed E-state index contributed by atoms with van der Waals surface area (Å²) < 4.78 is 18.8. The zero-order chi connectivity index (χ0) is 12.1. The van der Waals surface area contributed by atoms with Crippen molar-refractivity contribution in [1.82, 2.24) is 5.32 Å². The molecular weight excluding hydrogens is 241 g/mol. The van der Waals surface area contributed by atoms with Gasteiger partial charge in [-0.3, -0.25) is 0 Å². The van der Waals surface area contributed by atoms with Crippen LogP contribution in [0.1, 0.15) is 25.7 Å². The lowest BCUT2D eigenvalue weighted by atomic mass is 10.2. The lowest BCUT2D eigenvalue weighted by Crippen LogP contribution is -2.30. The van der Waals surface area contributed by atoms with Crippen LogP contribution in [-0.4, -0.2) is 19.2 Å². The van der Waals surface area contributed by atoms with Crippen molar-refractivity contribution in [2.45, 2.75) is 31.7 Å². The van der Waals surface area contributed by atoms with Crippen molar-refractivity contribution in [3.63, 3.8) is 0 Å². The van der Waals surface area contributed by atoms with Gasteiger partial charge in [0.25, 0.3) is 0 Å². The summed E-state index contributed by atoms with van der Waals surface area (Å²) in [7, 11) is 0. The van der Waals surface area contributed by atoms with E-state index in [9.17, 15) is 4.39 Å². The molecule has 4 heteroatoms. The van der Waals surface area contributed by atoms with Crippen LogP contribution in [0.5, 0.6) is 5.75 Å². The Morgan fingerprint density at radius 3 is 2.88 bits per heavy atom. The first-order valence-electron chi connectivity index (χ1n) is 6.07. The van der Waals surface area contributed by atoms with Gasteiger partial charge in [0.15, 0.2) is 11.6 Å². The van der Waals surface area contributed by atoms with Gasteiger partial charge in [-0.2, -0.15) is 0 Å². The van der Waals surface area contributed by atoms with E-state index in [1.165, 1.54) is 31.7 Å². The van der Waals surface area contributed by atoms with Crippen molar-refractivity contribution in [3.8, 4) is 5.75 Å². The Kier molecular flexibility index (Phi) is 4.63. The SMILES string of the molecule is Fc1c(Cl)cccc1OCCNC1CCCC1. The smallest absolute Gasteiger partial charge is 0.183 e. The lowest BCUT2D eigenvalue weighted by Gasteiger charge is -2.12. The van der Waals surface area contributed by atoms with Crippen LogP contribution in [0, 0.1) is 5.82 Å². The topological polar surface area (TPSA) is 21.3 Å². The zero-order valence-corrected chi connectivity index (χ0v) is 10.5. The minimum Gasteiger partial charge on any atom is -0.489 e. The molecule has 1 fully saturated rings. The van der Waals surface area contributed by atoms with Gasteiger partial charge in [-0.15, -0.1) is 0 Å². The van der Waals surface area contributed by atoms with Crippen molar-refractivity contribution >= 4 is 11.6 Å². The molecule has 0 radical (unpaired) electrons. The second-order valence-corrected chi connectivity index (χ2v) is 4.74. The Hall–Kier alpha value is -0.800. The van der Waals surface area contributed by atoms with E-state index in [2.05, 4.69) is 5.32 Å². The van der Waals surface area contributed by atoms with Crippen LogP contribution in [0.15, 0.2) is 18.2 Å². The molecule has 0 atom stereocenters. The third-order valence-corrected chi connectivity index (χ3v) is 3.36. The molecule has 2 rings (SSSR count). The van der Waals surface area contributed by atoms with E-state index in [0.29, 0.717) is 12.6 Å². The minimum absolute atomic E-state index is 0.103. The lowest BCUT2D eigenvalue weighted by molar-refractivity contribution is 0.291. The minimum atomic E-state index is -0.477. The number of halogens is 2. The molecule has 0 amide bonds. The van der Waals surface area contributed by atoms with Gasteiger partial charge in [-0.05, 0) is 25.0 Å². The van der Waals surface area contributed by atoms with Gasteiger partial charge in [0.05, 0.1) is 5.02 Å². The Balaban J connectivity index is 1.72. The molecule has 0 aromatic heterocycles. The van der Waals surface area contributed by atoms with Gasteiger partial charge in [-0.25, -0.2) is 4.39 Å². The fourth-order valence-corrected chi connectivity index (χ4v) is 2.32. The Morgan fingerprint density at radius 1 is 1.35 bits per heavy atom. The standard InChI is InChI=1S/C13H17ClFNO/c14-11-6-3-7-12(13(11)15)17-9-8-16-10-4-1-2-5-10/h3,6-7,10,16H,1-2,4-5,8-9H2. The Bertz CT molecular complexity index is 366. The normalized spacial score (nSPS) is 16.4. The molecule has 1 aromatic rings. The molecule has 1 aliphatic carbocycles. The number of benzene rings is 1. The molecule has 0 unspecified atom stereocenters. The second-order valence-electron chi connectivity index (χ2n) is 4.34. The number of ether oxygens (including phenoxy) is 1. The first-order valence-corrected chi connectivity index (χ1v) is 6.45. The maximum Gasteiger partial charge on any atom is 0.183 e. The average molecular weight is 258 g/mol. The molecule has 0 heterocycles. The molecule has 0 spiro atoms. The van der Waals surface area contributed by atoms with Gasteiger partial charge in [0.1, 0.15) is 6.61 Å². The molecule has 1 N–H and O–H groups in total. The van der Waals surface area contributed by atoms with Gasteiger partial charge in [0, 0.05) is 12.6 Å². The highest BCUT2D eigenvalue weighted by Gasteiger charge is 2.13. The van der Waals surface area contributed by atoms with Crippen LogP contribution >= 0.6 is 11.6 Å². The highest BCUT2D eigenvalue weighted by Crippen LogP contribution is 2.23. The second kappa shape index (κ2) is 6.22. The van der Waals surface area contributed by atoms with Gasteiger partial charge in [0.2, 0.25) is 0 Å². The maximum absolute atomic E-state index is 13.5. The van der Waals surface area contributed by atoms with Crippen molar-refractivity contribution in [3.05, 3.63) is 29.0 Å². The molecule has 2 nitrogen and oxygen atoms in total. The largest absolute Gasteiger partial charge is 0.489 e. The molecule has 0 bridgehead atoms. The molecule has 1 saturated carbocycles. The van der Waals surface area contributed by atoms with E-state index in [-0.39, 0.29) is 10.8 Å². The van der Waals surface area contributed by atoms with Crippen molar-refractivity contribution in [2.75, 3.05) is 13.2 Å². The van der Waals surface area contributed by atoms with Crippen molar-refractivity contribution < 1.29 is 9.13 Å². The predicted molar refractivity (Wildman–Crippen MR) is 67.2 cm³/mol. The number of nitrogens with one attached hydrogen (secondary N) is 1. The van der Waals surface area contributed by atoms with E-state index in [1.807, 2.05) is 0 Å². The van der Waals surface area contributed by atoms with Gasteiger partial charge >= 0.3 is 0 Å². The highest BCUT2D eigenvalue weighted by molar-refractivity contribution is 6.30. The number of rotatable bonds is 5. The summed E-state index contributed by atoms with van der Waals surface area (Å²) >= 11 is 5.66. The highest BCUT2D eigenvalue weighted by atomic mass is 35.5. The molecular formula is C13H17ClFNO. The monoisotopic (exact) mass is 257 g/mol. The average Bonchev–Trinajstić information content (AvgIpc) is 2.83. The maximum atomic E-state index is 13.5. The van der Waals surface area contributed by atoms with Crippen LogP contribution in [0.3, 0.4) is 0 Å². The van der Waals surface area contributed by atoms with E-state index in [0.717, 1.165) is 6.54 Å². The predicted octanol–water partition coefficient (Wildman–Crippen LogP) is 3.39. The van der Waals surface area contributed by atoms with E-state index < -0.39 is 5.82 Å². The van der Waals surface area contributed by atoms with E-state index in [1.54, 1.807) is 12.1 Å². The summed E-state index contributed by atoms with van der Waals surface area (Å²) in [6, 6.07) is 5.41. The summed E-state index contributed by atoms with van der Waals surface area (Å²) in [5.41, 5.74) is 0. The quantitative estimate of drug-likeness (QED) is 0.817. The van der Waals surface area contributed by atoms with Gasteiger partial charge < -0.3 is 10.1 Å². The fourth-order valence-electron chi connectivity index (χ4n) is 2.15. The Morgan fingerprint density at radius 2 is 2.12 bits per heavy atom. The molecule has 17 heavy (non-hydrogen) atoms. The van der Waals surface area contributed by atoms with Crippen molar-refractivity contribution in [2.24, 2.45) is 0 Å². The summed E-state index contributed by atoms with van der Waals surface area (Å²) in [4.78, 5) is 0. The first kappa shape index (κ1) is 12.7. The van der Waals surface area contributed by atoms with Gasteiger partial charge in [-0.1, -0.05) is 30.5 Å². The molecule has 0 saturated heterocycles. The number of hydrogen-bond donors (Lipinski definition) is 1. The number of hydrogen-bond acceptors (Lipinski definition) is 2. The van der Waals surface area contributed by atoms with Crippen LogP contribution in [0.2, 0.25) is 5.02 Å². The van der Waals surface area contributed by atoms with E-state index in [4.69, 9.17) is 16.3 Å². The van der Waals surface area contributed by atoms with Crippen LogP contribution in [0.4, 0.5) is 4.39 Å². The summed E-state index contributed by atoms with van der Waals surface area (Å²) in [6.07, 6.45) is 5.10. The fraction of sp³-hybridized carbons (Fsp3) is 0.538. The van der Waals surface area contributed by atoms with Crippen LogP contribution in [0.25, 0.3) is 0 Å². The molecule has 1 aromatic carbocycles. The first-order chi connectivity index (χ1) is 8.27. The summed E-state index contributed by atoms with van der Waals surface area (Å²) in [5.74, 6) is -0.249. The third-order valence-electron chi connectivity index (χ3n) is 3.06. The molecule has 94 valence electrons. The summed E-state index contributed by atoms with van der Waals surface area (Å²) in [6.45, 7) is 1.21. The van der Waals surface area contributed by atoms with Crippen LogP contribution < -0.4 is 10.1 Å². The third kappa shape index (κ3) is 3.58.